The van der Waals surface area contributed by atoms with E-state index in [1.807, 2.05) is 42.5 Å². The maximum atomic E-state index is 11.6. The summed E-state index contributed by atoms with van der Waals surface area (Å²) in [6.45, 7) is 0. The molecule has 0 amide bonds. The number of carbonyl (C=O) groups excluding carboxylic acids is 2. The zero-order valence-corrected chi connectivity index (χ0v) is 10.2. The molecule has 0 N–H and O–H groups in total. The maximum Gasteiger partial charge on any atom is 0.313 e. The van der Waals surface area contributed by atoms with E-state index < -0.39 is 5.97 Å². The van der Waals surface area contributed by atoms with Crippen molar-refractivity contribution < 1.29 is 14.3 Å². The van der Waals surface area contributed by atoms with E-state index in [4.69, 9.17) is 0 Å². The summed E-state index contributed by atoms with van der Waals surface area (Å²) in [6, 6.07) is 13.8. The van der Waals surface area contributed by atoms with Crippen LogP contribution in [0.1, 0.15) is 12.0 Å². The number of carbonyl (C=O) groups is 2. The Hall–Kier alpha value is -2.16. The van der Waals surface area contributed by atoms with Crippen LogP contribution in [0.3, 0.4) is 0 Å². The average molecular weight is 242 g/mol. The van der Waals surface area contributed by atoms with Crippen molar-refractivity contribution in [2.24, 2.45) is 0 Å². The molecule has 0 aliphatic rings. The molecule has 0 radical (unpaired) electrons. The predicted octanol–water partition coefficient (Wildman–Crippen LogP) is 2.51. The fourth-order valence-corrected chi connectivity index (χ4v) is 1.87. The van der Waals surface area contributed by atoms with Crippen molar-refractivity contribution in [1.29, 1.82) is 0 Å². The minimum absolute atomic E-state index is 0.128. The number of ketones is 1. The van der Waals surface area contributed by atoms with Crippen LogP contribution in [0.15, 0.2) is 42.5 Å². The lowest BCUT2D eigenvalue weighted by atomic mass is 10.0. The first-order valence-corrected chi connectivity index (χ1v) is 5.75. The standard InChI is InChI=1S/C15H14O3/c1-18-15(17)10-14(16)9-11-6-7-12-4-2-3-5-13(12)8-11/h2-8H,9-10H2,1H3. The van der Waals surface area contributed by atoms with Crippen molar-refractivity contribution in [2.45, 2.75) is 12.8 Å². The third-order valence-corrected chi connectivity index (χ3v) is 2.78. The van der Waals surface area contributed by atoms with Gasteiger partial charge in [0.15, 0.2) is 0 Å². The van der Waals surface area contributed by atoms with E-state index >= 15 is 0 Å². The largest absolute Gasteiger partial charge is 0.469 e. The first-order valence-electron chi connectivity index (χ1n) is 5.75. The molecule has 0 saturated carbocycles. The summed E-state index contributed by atoms with van der Waals surface area (Å²) in [4.78, 5) is 22.6. The Kier molecular flexibility index (Phi) is 3.72. The molecule has 0 spiro atoms. The van der Waals surface area contributed by atoms with E-state index in [2.05, 4.69) is 4.74 Å². The van der Waals surface area contributed by atoms with Crippen LogP contribution in [0.5, 0.6) is 0 Å². The van der Waals surface area contributed by atoms with Crippen LogP contribution >= 0.6 is 0 Å². The normalized spacial score (nSPS) is 10.3. The SMILES string of the molecule is COC(=O)CC(=O)Cc1ccc2ccccc2c1. The third-order valence-electron chi connectivity index (χ3n) is 2.78. The lowest BCUT2D eigenvalue weighted by Crippen LogP contribution is -2.11. The third kappa shape index (κ3) is 2.94. The quantitative estimate of drug-likeness (QED) is 0.611. The van der Waals surface area contributed by atoms with Gasteiger partial charge in [0.05, 0.1) is 7.11 Å². The summed E-state index contributed by atoms with van der Waals surface area (Å²) in [5.41, 5.74) is 0.919. The van der Waals surface area contributed by atoms with E-state index in [0.29, 0.717) is 0 Å². The summed E-state index contributed by atoms with van der Waals surface area (Å²) in [5, 5.41) is 2.24. The second-order valence-electron chi connectivity index (χ2n) is 4.15. The van der Waals surface area contributed by atoms with Gasteiger partial charge in [-0.05, 0) is 16.3 Å². The molecule has 0 aliphatic heterocycles. The minimum Gasteiger partial charge on any atom is -0.469 e. The second-order valence-corrected chi connectivity index (χ2v) is 4.15. The topological polar surface area (TPSA) is 43.4 Å². The highest BCUT2D eigenvalue weighted by atomic mass is 16.5. The predicted molar refractivity (Wildman–Crippen MR) is 69.3 cm³/mol. The Morgan fingerprint density at radius 3 is 2.50 bits per heavy atom. The average Bonchev–Trinajstić information content (AvgIpc) is 2.38. The summed E-state index contributed by atoms with van der Waals surface area (Å²) >= 11 is 0. The Morgan fingerprint density at radius 1 is 1.06 bits per heavy atom. The Morgan fingerprint density at radius 2 is 1.78 bits per heavy atom. The lowest BCUT2D eigenvalue weighted by Gasteiger charge is -2.03. The number of hydrogen-bond donors (Lipinski definition) is 0. The van der Waals surface area contributed by atoms with Crippen LogP contribution in [-0.4, -0.2) is 18.9 Å². The van der Waals surface area contributed by atoms with Gasteiger partial charge in [0.1, 0.15) is 12.2 Å². The van der Waals surface area contributed by atoms with Crippen molar-refractivity contribution in [3.63, 3.8) is 0 Å². The Bertz CT molecular complexity index is 587. The van der Waals surface area contributed by atoms with Crippen molar-refractivity contribution in [2.75, 3.05) is 7.11 Å². The lowest BCUT2D eigenvalue weighted by molar-refractivity contribution is -0.143. The Balaban J connectivity index is 2.12. The van der Waals surface area contributed by atoms with E-state index in [-0.39, 0.29) is 18.6 Å². The first kappa shape index (κ1) is 12.3. The molecule has 2 aromatic rings. The van der Waals surface area contributed by atoms with Crippen molar-refractivity contribution in [1.82, 2.24) is 0 Å². The van der Waals surface area contributed by atoms with Gasteiger partial charge in [0.2, 0.25) is 0 Å². The molecule has 0 saturated heterocycles. The van der Waals surface area contributed by atoms with Gasteiger partial charge in [-0.3, -0.25) is 9.59 Å². The van der Waals surface area contributed by atoms with Crippen molar-refractivity contribution >= 4 is 22.5 Å². The van der Waals surface area contributed by atoms with Crippen LogP contribution in [0.2, 0.25) is 0 Å². The molecule has 0 bridgehead atoms. The first-order chi connectivity index (χ1) is 8.69. The van der Waals surface area contributed by atoms with Gasteiger partial charge in [-0.2, -0.15) is 0 Å². The molecule has 0 aromatic heterocycles. The van der Waals surface area contributed by atoms with Gasteiger partial charge in [-0.25, -0.2) is 0 Å². The molecule has 0 atom stereocenters. The van der Waals surface area contributed by atoms with E-state index in [9.17, 15) is 9.59 Å². The Labute approximate surface area is 105 Å². The molecule has 0 heterocycles. The summed E-state index contributed by atoms with van der Waals surface area (Å²) < 4.78 is 4.47. The molecular formula is C15H14O3. The van der Waals surface area contributed by atoms with Gasteiger partial charge in [-0.1, -0.05) is 42.5 Å². The van der Waals surface area contributed by atoms with Crippen LogP contribution in [-0.2, 0) is 20.7 Å². The molecule has 0 aliphatic carbocycles. The molecule has 92 valence electrons. The van der Waals surface area contributed by atoms with Gasteiger partial charge >= 0.3 is 5.97 Å². The highest BCUT2D eigenvalue weighted by Gasteiger charge is 2.10. The maximum absolute atomic E-state index is 11.6. The number of rotatable bonds is 4. The summed E-state index contributed by atoms with van der Waals surface area (Å²) in [5.74, 6) is -0.613. The zero-order chi connectivity index (χ0) is 13.0. The molecule has 0 fully saturated rings. The fraction of sp³-hybridized carbons (Fsp3) is 0.200. The van der Waals surface area contributed by atoms with E-state index in [1.54, 1.807) is 0 Å². The molecule has 2 aromatic carbocycles. The van der Waals surface area contributed by atoms with Crippen molar-refractivity contribution in [3.05, 3.63) is 48.0 Å². The number of Topliss-reactive ketones (excluding diaryl/α,β-unsaturated/α-hetero) is 1. The summed E-state index contributed by atoms with van der Waals surface area (Å²) in [6.07, 6.45) is 0.100. The van der Waals surface area contributed by atoms with Crippen LogP contribution in [0.25, 0.3) is 10.8 Å². The highest BCUT2D eigenvalue weighted by molar-refractivity contribution is 5.97. The number of ether oxygens (including phenoxy) is 1. The van der Waals surface area contributed by atoms with Crippen LogP contribution in [0, 0.1) is 0 Å². The van der Waals surface area contributed by atoms with Gasteiger partial charge < -0.3 is 4.74 Å². The van der Waals surface area contributed by atoms with Gasteiger partial charge in [0.25, 0.3) is 0 Å². The van der Waals surface area contributed by atoms with E-state index in [0.717, 1.165) is 16.3 Å². The van der Waals surface area contributed by atoms with Crippen LogP contribution in [0.4, 0.5) is 0 Å². The smallest absolute Gasteiger partial charge is 0.313 e. The monoisotopic (exact) mass is 242 g/mol. The number of fused-ring (bicyclic) bond motifs is 1. The van der Waals surface area contributed by atoms with Crippen LogP contribution < -0.4 is 0 Å². The number of hydrogen-bond acceptors (Lipinski definition) is 3. The van der Waals surface area contributed by atoms with Crippen molar-refractivity contribution in [3.8, 4) is 0 Å². The molecule has 0 unspecified atom stereocenters. The minimum atomic E-state index is -0.485. The molecule has 3 nitrogen and oxygen atoms in total. The van der Waals surface area contributed by atoms with E-state index in [1.165, 1.54) is 7.11 Å². The zero-order valence-electron chi connectivity index (χ0n) is 10.2. The number of esters is 1. The number of methoxy groups -OCH3 is 1. The molecule has 18 heavy (non-hydrogen) atoms. The molecular weight excluding hydrogens is 228 g/mol. The number of benzene rings is 2. The summed E-state index contributed by atoms with van der Waals surface area (Å²) in [7, 11) is 1.28. The fourth-order valence-electron chi connectivity index (χ4n) is 1.87. The van der Waals surface area contributed by atoms with Gasteiger partial charge in [0, 0.05) is 6.42 Å². The highest BCUT2D eigenvalue weighted by Crippen LogP contribution is 2.16. The molecule has 3 heteroatoms. The second kappa shape index (κ2) is 5.45. The molecule has 2 rings (SSSR count). The van der Waals surface area contributed by atoms with Gasteiger partial charge in [-0.15, -0.1) is 0 Å².